The third-order valence-electron chi connectivity index (χ3n) is 12.1. The Morgan fingerprint density at radius 3 is 2.40 bits per heavy atom. The molecule has 0 unspecified atom stereocenters. The van der Waals surface area contributed by atoms with Gasteiger partial charge in [-0.3, -0.25) is 24.1 Å². The first kappa shape index (κ1) is 42.6. The average molecular weight is 843 g/mol. The highest BCUT2D eigenvalue weighted by atomic mass is 32.2. The number of hydrogen-bond donors (Lipinski definition) is 4. The molecule has 2 aliphatic heterocycles. The zero-order chi connectivity index (χ0) is 43.0. The van der Waals surface area contributed by atoms with Crippen LogP contribution in [-0.4, -0.2) is 93.3 Å². The summed E-state index contributed by atoms with van der Waals surface area (Å²) in [6, 6.07) is 14.1. The summed E-state index contributed by atoms with van der Waals surface area (Å²) in [5.41, 5.74) is 0.914. The predicted octanol–water partition coefficient (Wildman–Crippen LogP) is 5.47. The average Bonchev–Trinajstić information content (AvgIpc) is 4.08. The zero-order valence-corrected chi connectivity index (χ0v) is 35.4. The minimum atomic E-state index is -4.03. The van der Waals surface area contributed by atoms with Crippen LogP contribution >= 0.6 is 0 Å². The topological polar surface area (TPSA) is 206 Å². The quantitative estimate of drug-likeness (QED) is 0.188. The Morgan fingerprint density at radius 2 is 1.73 bits per heavy atom. The van der Waals surface area contributed by atoms with Crippen LogP contribution in [0.25, 0.3) is 22.6 Å². The van der Waals surface area contributed by atoms with Gasteiger partial charge in [0.15, 0.2) is 0 Å². The van der Waals surface area contributed by atoms with E-state index in [1.807, 2.05) is 76.2 Å². The number of carboxylic acid groups (broad SMARTS) is 1. The minimum absolute atomic E-state index is 0.00434. The molecule has 2 aromatic heterocycles. The van der Waals surface area contributed by atoms with E-state index < -0.39 is 74.1 Å². The molecule has 4 heterocycles. The van der Waals surface area contributed by atoms with Crippen LogP contribution in [0.15, 0.2) is 72.9 Å². The van der Waals surface area contributed by atoms with E-state index in [-0.39, 0.29) is 31.4 Å². The number of rotatable bonds is 10. The highest BCUT2D eigenvalue weighted by Crippen LogP contribution is 2.47. The summed E-state index contributed by atoms with van der Waals surface area (Å²) < 4.78 is 40.1. The van der Waals surface area contributed by atoms with Crippen molar-refractivity contribution in [3.63, 3.8) is 0 Å². The van der Waals surface area contributed by atoms with Crippen molar-refractivity contribution in [3.8, 4) is 34.1 Å². The standard InChI is InChI=1S/C44H54N6O9S/c1-26(2)58-31-15-13-29(14-16-31)35-21-32(22-36(46-35)34-12-8-9-19-45-34)59-33-23-37-39(51)48-44(41(53)49-60(56,57)43(5)17-18-43)24-30(44)11-7-6-10-27(3)20-28(4)38(47-42(54)55)40(52)50(37)25-33/h7-9,11-16,19,21-22,26-28,30,33,37-38,47H,6,10,17-18,20,23-25H2,1-5H3,(H,48,51)(H,49,53)(H,54,55)/b11-7-/t27-,28-,30-,33-,37+,38+,44-/m1/s1. The number of pyridine rings is 2. The largest absolute Gasteiger partial charge is 0.491 e. The second-order valence-corrected chi connectivity index (χ2v) is 19.6. The molecule has 15 nitrogen and oxygen atoms in total. The van der Waals surface area contributed by atoms with E-state index in [2.05, 4.69) is 20.3 Å². The van der Waals surface area contributed by atoms with Gasteiger partial charge in [0, 0.05) is 36.2 Å². The van der Waals surface area contributed by atoms with Crippen LogP contribution in [0.3, 0.4) is 0 Å². The number of carbonyl (C=O) groups is 4. The summed E-state index contributed by atoms with van der Waals surface area (Å²) in [4.78, 5) is 66.0. The van der Waals surface area contributed by atoms with Crippen molar-refractivity contribution in [1.29, 1.82) is 0 Å². The van der Waals surface area contributed by atoms with E-state index in [0.29, 0.717) is 54.3 Å². The van der Waals surface area contributed by atoms with Gasteiger partial charge in [0.2, 0.25) is 21.8 Å². The van der Waals surface area contributed by atoms with Gasteiger partial charge in [-0.2, -0.15) is 0 Å². The summed E-state index contributed by atoms with van der Waals surface area (Å²) in [6.07, 6.45) is 6.21. The maximum atomic E-state index is 14.6. The Hall–Kier alpha value is -5.51. The van der Waals surface area contributed by atoms with Crippen LogP contribution in [0.4, 0.5) is 4.79 Å². The predicted molar refractivity (Wildman–Crippen MR) is 223 cm³/mol. The van der Waals surface area contributed by atoms with Crippen LogP contribution in [0.2, 0.25) is 0 Å². The van der Waals surface area contributed by atoms with Crippen LogP contribution in [-0.2, 0) is 24.4 Å². The van der Waals surface area contributed by atoms with Crippen molar-refractivity contribution in [2.24, 2.45) is 17.8 Å². The number of benzene rings is 1. The number of allylic oxidation sites excluding steroid dienone is 1. The summed E-state index contributed by atoms with van der Waals surface area (Å²) >= 11 is 0. The van der Waals surface area contributed by atoms with Gasteiger partial charge < -0.3 is 30.1 Å². The van der Waals surface area contributed by atoms with Crippen molar-refractivity contribution in [1.82, 2.24) is 30.2 Å². The lowest BCUT2D eigenvalue weighted by Crippen LogP contribution is -2.59. The number of sulfonamides is 1. The molecule has 0 radical (unpaired) electrons. The number of ether oxygens (including phenoxy) is 2. The third kappa shape index (κ3) is 9.28. The van der Waals surface area contributed by atoms with Crippen molar-refractivity contribution in [3.05, 3.63) is 72.9 Å². The molecule has 3 fully saturated rings. The maximum Gasteiger partial charge on any atom is 0.405 e. The molecule has 3 aromatic rings. The molecule has 1 aromatic carbocycles. The molecule has 1 saturated heterocycles. The monoisotopic (exact) mass is 842 g/mol. The van der Waals surface area contributed by atoms with Crippen LogP contribution in [0.5, 0.6) is 11.5 Å². The molecule has 4 amide bonds. The number of amides is 4. The molecule has 320 valence electrons. The van der Waals surface area contributed by atoms with E-state index in [9.17, 15) is 32.7 Å². The zero-order valence-electron chi connectivity index (χ0n) is 34.6. The summed E-state index contributed by atoms with van der Waals surface area (Å²) in [6.45, 7) is 9.24. The number of nitrogens with one attached hydrogen (secondary N) is 3. The Morgan fingerprint density at radius 1 is 1.00 bits per heavy atom. The molecular formula is C44H54N6O9S. The van der Waals surface area contributed by atoms with Crippen molar-refractivity contribution in [2.45, 2.75) is 114 Å². The number of carbonyl (C=O) groups excluding carboxylic acids is 3. The maximum absolute atomic E-state index is 14.6. The molecule has 60 heavy (non-hydrogen) atoms. The molecule has 2 saturated carbocycles. The molecule has 0 bridgehead atoms. The molecule has 16 heteroatoms. The van der Waals surface area contributed by atoms with Gasteiger partial charge in [-0.15, -0.1) is 0 Å². The smallest absolute Gasteiger partial charge is 0.405 e. The minimum Gasteiger partial charge on any atom is -0.491 e. The molecule has 7 atom stereocenters. The second kappa shape index (κ2) is 16.9. The van der Waals surface area contributed by atoms with Crippen LogP contribution in [0.1, 0.15) is 79.6 Å². The van der Waals surface area contributed by atoms with Gasteiger partial charge in [0.25, 0.3) is 5.91 Å². The van der Waals surface area contributed by atoms with Crippen molar-refractivity contribution >= 4 is 33.8 Å². The fourth-order valence-electron chi connectivity index (χ4n) is 8.27. The van der Waals surface area contributed by atoms with E-state index in [0.717, 1.165) is 12.0 Å². The highest BCUT2D eigenvalue weighted by Gasteiger charge is 2.63. The third-order valence-corrected chi connectivity index (χ3v) is 14.2. The lowest BCUT2D eigenvalue weighted by Gasteiger charge is -2.32. The van der Waals surface area contributed by atoms with Crippen molar-refractivity contribution in [2.75, 3.05) is 6.54 Å². The Bertz CT molecular complexity index is 2250. The molecule has 4 aliphatic rings. The van der Waals surface area contributed by atoms with Gasteiger partial charge >= 0.3 is 6.09 Å². The SMILES string of the molecule is CC(C)Oc1ccc(-c2cc(O[C@@H]3C[C@H]4C(=O)N[C@]5(C(=O)NS(=O)(=O)C6(C)CC6)C[C@H]5/C=C\CC[C@@H](C)C[C@@H](C)[C@H](NC(=O)O)C(=O)N4C3)cc(-c3ccccn3)n2)cc1. The number of hydrogen-bond acceptors (Lipinski definition) is 10. The van der Waals surface area contributed by atoms with Crippen LogP contribution in [0, 0.1) is 17.8 Å². The number of nitrogens with zero attached hydrogens (tertiary/aromatic N) is 3. The first-order valence-corrected chi connectivity index (χ1v) is 22.2. The molecule has 7 rings (SSSR count). The van der Waals surface area contributed by atoms with Gasteiger partial charge in [0.05, 0.1) is 34.5 Å². The van der Waals surface area contributed by atoms with E-state index >= 15 is 0 Å². The van der Waals surface area contributed by atoms with Gasteiger partial charge in [-0.1, -0.05) is 32.1 Å². The Balaban J connectivity index is 1.23. The van der Waals surface area contributed by atoms with Crippen LogP contribution < -0.4 is 24.8 Å². The van der Waals surface area contributed by atoms with Crippen molar-refractivity contribution < 1.29 is 42.2 Å². The normalized spacial score (nSPS) is 28.2. The first-order valence-electron chi connectivity index (χ1n) is 20.7. The summed E-state index contributed by atoms with van der Waals surface area (Å²) in [5, 5.41) is 15.2. The molecule has 0 spiro atoms. The van der Waals surface area contributed by atoms with E-state index in [4.69, 9.17) is 14.5 Å². The molecular weight excluding hydrogens is 789 g/mol. The number of aromatic nitrogens is 2. The first-order chi connectivity index (χ1) is 28.5. The molecule has 2 aliphatic carbocycles. The number of fused-ring (bicyclic) bond motifs is 2. The van der Waals surface area contributed by atoms with Gasteiger partial charge in [-0.05, 0) is 108 Å². The van der Waals surface area contributed by atoms with Gasteiger partial charge in [0.1, 0.15) is 35.2 Å². The molecule has 4 N–H and O–H groups in total. The van der Waals surface area contributed by atoms with E-state index in [1.165, 1.54) is 4.90 Å². The van der Waals surface area contributed by atoms with Gasteiger partial charge in [-0.25, -0.2) is 18.2 Å². The summed E-state index contributed by atoms with van der Waals surface area (Å²) in [7, 11) is -4.03. The lowest BCUT2D eigenvalue weighted by atomic mass is 9.88. The highest BCUT2D eigenvalue weighted by molar-refractivity contribution is 7.91. The summed E-state index contributed by atoms with van der Waals surface area (Å²) in [5.74, 6) is -1.80. The lowest BCUT2D eigenvalue weighted by molar-refractivity contribution is -0.142. The Kier molecular flexibility index (Phi) is 12.0. The van der Waals surface area contributed by atoms with E-state index in [1.54, 1.807) is 31.3 Å². The Labute approximate surface area is 350 Å². The fraction of sp³-hybridized carbons (Fsp3) is 0.500. The fourth-order valence-corrected chi connectivity index (χ4v) is 9.58. The second-order valence-electron chi connectivity index (χ2n) is 17.4.